The van der Waals surface area contributed by atoms with Crippen molar-refractivity contribution in [2.45, 2.75) is 38.7 Å². The Hall–Kier alpha value is -4.24. The van der Waals surface area contributed by atoms with Gasteiger partial charge in [-0.1, -0.05) is 29.8 Å². The fourth-order valence-electron chi connectivity index (χ4n) is 4.67. The quantitative estimate of drug-likeness (QED) is 0.276. The highest BCUT2D eigenvalue weighted by Crippen LogP contribution is 2.29. The number of carbonyl (C=O) groups excluding carboxylic acids is 3. The predicted molar refractivity (Wildman–Crippen MR) is 154 cm³/mol. The van der Waals surface area contributed by atoms with Gasteiger partial charge in [0, 0.05) is 51.0 Å². The fourth-order valence-corrected chi connectivity index (χ4v) is 4.81. The number of rotatable bonds is 3. The van der Waals surface area contributed by atoms with Gasteiger partial charge in [-0.05, 0) is 53.8 Å². The first kappa shape index (κ1) is 33.6. The second-order valence-electron chi connectivity index (χ2n) is 10.3. The lowest BCUT2D eigenvalue weighted by atomic mass is 9.98. The molecule has 1 fully saturated rings. The molecule has 0 aliphatic carbocycles. The summed E-state index contributed by atoms with van der Waals surface area (Å²) >= 11 is 6.38. The highest BCUT2D eigenvalue weighted by atomic mass is 35.5. The van der Waals surface area contributed by atoms with Crippen molar-refractivity contribution in [3.05, 3.63) is 70.4 Å². The molecule has 2 aliphatic rings. The second kappa shape index (κ2) is 13.8. The van der Waals surface area contributed by atoms with Crippen LogP contribution in [-0.4, -0.2) is 75.8 Å². The lowest BCUT2D eigenvalue weighted by Gasteiger charge is -2.34. The number of fused-ring (bicyclic) bond motifs is 6. The van der Waals surface area contributed by atoms with Crippen LogP contribution in [0.5, 0.6) is 0 Å². The zero-order valence-corrected chi connectivity index (χ0v) is 24.5. The maximum absolute atomic E-state index is 11.7. The number of aromatic nitrogens is 2. The molecule has 16 heteroatoms. The van der Waals surface area contributed by atoms with Crippen LogP contribution in [0.3, 0.4) is 0 Å². The number of hydrogen-bond acceptors (Lipinski definition) is 8. The molecular formula is C29H27ClF6N6O3. The van der Waals surface area contributed by atoms with Gasteiger partial charge in [-0.2, -0.15) is 31.3 Å². The molecule has 5 rings (SSSR count). The van der Waals surface area contributed by atoms with Crippen molar-refractivity contribution < 1.29 is 40.7 Å². The van der Waals surface area contributed by atoms with E-state index < -0.39 is 23.9 Å². The van der Waals surface area contributed by atoms with Gasteiger partial charge in [0.05, 0.1) is 6.20 Å². The number of benzene rings is 2. The summed E-state index contributed by atoms with van der Waals surface area (Å²) in [7, 11) is 0. The van der Waals surface area contributed by atoms with E-state index in [2.05, 4.69) is 61.9 Å². The van der Waals surface area contributed by atoms with E-state index in [1.807, 2.05) is 11.0 Å². The van der Waals surface area contributed by atoms with E-state index in [4.69, 9.17) is 11.6 Å². The summed E-state index contributed by atoms with van der Waals surface area (Å²) in [5.74, 6) is -5.58. The molecule has 2 aromatic carbocycles. The molecule has 1 amide bonds. The second-order valence-corrected chi connectivity index (χ2v) is 10.7. The number of amides is 1. The van der Waals surface area contributed by atoms with E-state index in [0.717, 1.165) is 56.9 Å². The number of nitrogens with zero attached hydrogens (tertiary/aromatic N) is 4. The molecule has 2 N–H and O–H groups in total. The maximum atomic E-state index is 11.7. The number of alkyl halides is 6. The van der Waals surface area contributed by atoms with Crippen molar-refractivity contribution in [3.8, 4) is 0 Å². The molecule has 3 aromatic rings. The van der Waals surface area contributed by atoms with Crippen LogP contribution in [0, 0.1) is 0 Å². The van der Waals surface area contributed by atoms with Crippen LogP contribution in [-0.2, 0) is 33.8 Å². The highest BCUT2D eigenvalue weighted by molar-refractivity contribution is 6.41. The Balaban J connectivity index is 0.000000328. The van der Waals surface area contributed by atoms with E-state index >= 15 is 0 Å². The van der Waals surface area contributed by atoms with E-state index in [9.17, 15) is 40.7 Å². The lowest BCUT2D eigenvalue weighted by molar-refractivity contribution is -0.193. The van der Waals surface area contributed by atoms with Crippen molar-refractivity contribution in [2.75, 3.05) is 36.8 Å². The Morgan fingerprint density at radius 1 is 0.867 bits per heavy atom. The lowest BCUT2D eigenvalue weighted by Crippen LogP contribution is -2.47. The number of piperazine rings is 1. The minimum atomic E-state index is -5.77. The summed E-state index contributed by atoms with van der Waals surface area (Å²) in [6.45, 7) is 5.89. The number of nitrogens with one attached hydrogen (secondary N) is 2. The van der Waals surface area contributed by atoms with Crippen LogP contribution in [0.4, 0.5) is 49.5 Å². The van der Waals surface area contributed by atoms with Gasteiger partial charge in [0.15, 0.2) is 5.82 Å². The molecule has 240 valence electrons. The largest absolute Gasteiger partial charge is 0.458 e. The maximum Gasteiger partial charge on any atom is 0.458 e. The average molecular weight is 657 g/mol. The minimum absolute atomic E-state index is 0.159. The monoisotopic (exact) mass is 656 g/mol. The van der Waals surface area contributed by atoms with Gasteiger partial charge in [-0.25, -0.2) is 4.98 Å². The van der Waals surface area contributed by atoms with E-state index in [0.29, 0.717) is 16.8 Å². The summed E-state index contributed by atoms with van der Waals surface area (Å²) in [6, 6.07) is 14.8. The van der Waals surface area contributed by atoms with E-state index in [1.165, 1.54) is 16.7 Å². The zero-order valence-electron chi connectivity index (χ0n) is 23.7. The molecule has 3 heterocycles. The molecule has 1 aromatic heterocycles. The van der Waals surface area contributed by atoms with Crippen molar-refractivity contribution >= 4 is 52.2 Å². The van der Waals surface area contributed by atoms with Gasteiger partial charge in [-0.15, -0.1) is 0 Å². The molecule has 0 saturated carbocycles. The highest BCUT2D eigenvalue weighted by Gasteiger charge is 2.54. The Labute approximate surface area is 258 Å². The summed E-state index contributed by atoms with van der Waals surface area (Å²) < 4.78 is 67.0. The Morgan fingerprint density at radius 2 is 1.51 bits per heavy atom. The molecule has 6 bridgehead atoms. The van der Waals surface area contributed by atoms with E-state index in [1.54, 1.807) is 13.1 Å². The molecule has 0 unspecified atom stereocenters. The first-order valence-corrected chi connectivity index (χ1v) is 14.0. The summed E-state index contributed by atoms with van der Waals surface area (Å²) in [6.07, 6.45) is -8.07. The summed E-state index contributed by atoms with van der Waals surface area (Å²) in [5, 5.41) is 7.11. The van der Waals surface area contributed by atoms with Crippen LogP contribution in [0.2, 0.25) is 5.02 Å². The third-order valence-corrected chi connectivity index (χ3v) is 7.29. The number of aryl methyl sites for hydroxylation is 2. The number of ketones is 2. The summed E-state index contributed by atoms with van der Waals surface area (Å²) in [5.41, 5.74) is 5.78. The zero-order chi connectivity index (χ0) is 32.9. The minimum Gasteiger partial charge on any atom is -0.340 e. The topological polar surface area (TPSA) is 108 Å². The van der Waals surface area contributed by atoms with Crippen LogP contribution in [0.25, 0.3) is 0 Å². The van der Waals surface area contributed by atoms with Crippen LogP contribution in [0.15, 0.2) is 48.7 Å². The third kappa shape index (κ3) is 9.14. The molecule has 2 aliphatic heterocycles. The molecule has 0 spiro atoms. The van der Waals surface area contributed by atoms with Crippen LogP contribution in [0.1, 0.15) is 23.6 Å². The standard InChI is InChI=1S/C25H27ClN6O.C4F6O2/c1-17(33)32-11-9-31(10-12-32)16-20-7-8-22-14-19(20)6-5-18-3-2-4-21(13-18)29-25-27-15-23(26)24(28-22)30-25;5-3(6,7)1(11)2(12)4(8,9)10/h2-4,7-8,13-15H,5-6,9-12,16H2,1H3,(H2,27,28,29,30);. The number of halogens is 7. The first-order chi connectivity index (χ1) is 21.1. The molecular weight excluding hydrogens is 630 g/mol. The number of Topliss-reactive ketones (excluding diaryl/α,β-unsaturated/α-hetero) is 2. The summed E-state index contributed by atoms with van der Waals surface area (Å²) in [4.78, 5) is 44.1. The molecule has 0 atom stereocenters. The smallest absolute Gasteiger partial charge is 0.340 e. The number of hydrogen-bond donors (Lipinski definition) is 2. The van der Waals surface area contributed by atoms with Crippen molar-refractivity contribution in [1.82, 2.24) is 19.8 Å². The molecule has 0 radical (unpaired) electrons. The van der Waals surface area contributed by atoms with Crippen molar-refractivity contribution in [3.63, 3.8) is 0 Å². The Morgan fingerprint density at radius 3 is 2.13 bits per heavy atom. The van der Waals surface area contributed by atoms with Gasteiger partial charge >= 0.3 is 23.9 Å². The Kier molecular flexibility index (Phi) is 10.3. The molecule has 45 heavy (non-hydrogen) atoms. The van der Waals surface area contributed by atoms with Gasteiger partial charge in [0.1, 0.15) is 5.02 Å². The average Bonchev–Trinajstić information content (AvgIpc) is 2.98. The molecule has 1 saturated heterocycles. The van der Waals surface area contributed by atoms with Crippen LogP contribution < -0.4 is 10.6 Å². The third-order valence-electron chi connectivity index (χ3n) is 7.01. The van der Waals surface area contributed by atoms with Crippen LogP contribution >= 0.6 is 11.6 Å². The fraction of sp³-hybridized carbons (Fsp3) is 0.345. The Bertz CT molecular complexity index is 1550. The van der Waals surface area contributed by atoms with Gasteiger partial charge < -0.3 is 15.5 Å². The van der Waals surface area contributed by atoms with Gasteiger partial charge in [0.25, 0.3) is 0 Å². The van der Waals surface area contributed by atoms with Gasteiger partial charge in [-0.3, -0.25) is 19.3 Å². The van der Waals surface area contributed by atoms with Crippen molar-refractivity contribution in [2.24, 2.45) is 0 Å². The molecule has 9 nitrogen and oxygen atoms in total. The number of anilines is 4. The first-order valence-electron chi connectivity index (χ1n) is 13.6. The SMILES string of the molecule is CC(=O)N1CCN(Cc2ccc3cc2CCc2cccc(c2)Nc2ncc(Cl)c(n2)N3)CC1.O=C(C(=O)C(F)(F)F)C(F)(F)F. The van der Waals surface area contributed by atoms with E-state index in [-0.39, 0.29) is 5.91 Å². The number of carbonyl (C=O) groups is 3. The van der Waals surface area contributed by atoms with Gasteiger partial charge in [0.2, 0.25) is 11.9 Å². The predicted octanol–water partition coefficient (Wildman–Crippen LogP) is 5.63. The van der Waals surface area contributed by atoms with Crippen molar-refractivity contribution in [1.29, 1.82) is 0 Å². The normalized spacial score (nSPS) is 15.2.